The first kappa shape index (κ1) is 14.4. The van der Waals surface area contributed by atoms with Crippen LogP contribution in [0.2, 0.25) is 5.02 Å². The molecule has 0 fully saturated rings. The van der Waals surface area contributed by atoms with Crippen molar-refractivity contribution >= 4 is 17.5 Å². The zero-order valence-corrected chi connectivity index (χ0v) is 11.9. The number of halogens is 1. The van der Waals surface area contributed by atoms with Crippen molar-refractivity contribution < 1.29 is 9.90 Å². The fourth-order valence-electron chi connectivity index (χ4n) is 1.99. The molecule has 3 nitrogen and oxygen atoms in total. The number of phenolic OH excluding ortho intramolecular Hbond substituents is 1. The highest BCUT2D eigenvalue weighted by atomic mass is 35.5. The number of carbonyl (C=O) groups is 1. The third kappa shape index (κ3) is 3.52. The van der Waals surface area contributed by atoms with Gasteiger partial charge in [-0.05, 0) is 42.7 Å². The Bertz CT molecular complexity index is 626. The van der Waals surface area contributed by atoms with E-state index in [0.29, 0.717) is 11.6 Å². The van der Waals surface area contributed by atoms with Crippen LogP contribution in [0.25, 0.3) is 0 Å². The summed E-state index contributed by atoms with van der Waals surface area (Å²) in [7, 11) is 0. The maximum absolute atomic E-state index is 12.0. The molecule has 2 N–H and O–H groups in total. The van der Waals surface area contributed by atoms with Gasteiger partial charge in [-0.15, -0.1) is 0 Å². The number of hydrogen-bond acceptors (Lipinski definition) is 2. The molecular weight excluding hydrogens is 274 g/mol. The van der Waals surface area contributed by atoms with Crippen molar-refractivity contribution in [3.8, 4) is 5.75 Å². The minimum Gasteiger partial charge on any atom is -0.507 e. The van der Waals surface area contributed by atoms with Gasteiger partial charge in [0.05, 0.1) is 5.56 Å². The number of amides is 1. The highest BCUT2D eigenvalue weighted by Crippen LogP contribution is 2.21. The SMILES string of the molecule is Cc1ccccc1CCNC(=O)c1cc(Cl)ccc1O. The molecule has 0 aromatic heterocycles. The molecule has 0 heterocycles. The number of rotatable bonds is 4. The second-order valence-electron chi connectivity index (χ2n) is 4.59. The van der Waals surface area contributed by atoms with E-state index < -0.39 is 0 Å². The van der Waals surface area contributed by atoms with E-state index in [0.717, 1.165) is 6.42 Å². The van der Waals surface area contributed by atoms with Crippen LogP contribution in [0.3, 0.4) is 0 Å². The Hall–Kier alpha value is -2.00. The van der Waals surface area contributed by atoms with Gasteiger partial charge in [0.2, 0.25) is 0 Å². The van der Waals surface area contributed by atoms with Crippen LogP contribution < -0.4 is 5.32 Å². The van der Waals surface area contributed by atoms with E-state index in [9.17, 15) is 9.90 Å². The van der Waals surface area contributed by atoms with Gasteiger partial charge < -0.3 is 10.4 Å². The van der Waals surface area contributed by atoms with Crippen molar-refractivity contribution in [2.24, 2.45) is 0 Å². The van der Waals surface area contributed by atoms with E-state index >= 15 is 0 Å². The minimum absolute atomic E-state index is 0.0669. The number of carbonyl (C=O) groups excluding carboxylic acids is 1. The van der Waals surface area contributed by atoms with Crippen LogP contribution in [0.4, 0.5) is 0 Å². The summed E-state index contributed by atoms with van der Waals surface area (Å²) in [6.07, 6.45) is 0.750. The molecule has 1 amide bonds. The van der Waals surface area contributed by atoms with Crippen LogP contribution in [-0.2, 0) is 6.42 Å². The molecule has 0 saturated heterocycles. The zero-order valence-electron chi connectivity index (χ0n) is 11.2. The molecule has 2 aromatic carbocycles. The molecule has 2 aromatic rings. The number of hydrogen-bond donors (Lipinski definition) is 2. The summed E-state index contributed by atoms with van der Waals surface area (Å²) in [5, 5.41) is 12.9. The van der Waals surface area contributed by atoms with Gasteiger partial charge >= 0.3 is 0 Å². The summed E-state index contributed by atoms with van der Waals surface area (Å²) in [5.74, 6) is -0.388. The average Bonchev–Trinajstić information content (AvgIpc) is 2.43. The smallest absolute Gasteiger partial charge is 0.255 e. The molecule has 2 rings (SSSR count). The van der Waals surface area contributed by atoms with E-state index in [2.05, 4.69) is 5.32 Å². The van der Waals surface area contributed by atoms with Crippen LogP contribution >= 0.6 is 11.6 Å². The monoisotopic (exact) mass is 289 g/mol. The molecule has 0 aliphatic rings. The highest BCUT2D eigenvalue weighted by molar-refractivity contribution is 6.31. The van der Waals surface area contributed by atoms with Crippen LogP contribution in [-0.4, -0.2) is 17.6 Å². The molecule has 0 spiro atoms. The van der Waals surface area contributed by atoms with E-state index in [4.69, 9.17) is 11.6 Å². The lowest BCUT2D eigenvalue weighted by Gasteiger charge is -2.08. The molecule has 0 saturated carbocycles. The molecule has 20 heavy (non-hydrogen) atoms. The number of nitrogens with one attached hydrogen (secondary N) is 1. The number of phenols is 1. The standard InChI is InChI=1S/C16H16ClNO2/c1-11-4-2-3-5-12(11)8-9-18-16(20)14-10-13(17)6-7-15(14)19/h2-7,10,19H,8-9H2,1H3,(H,18,20). The molecule has 4 heteroatoms. The molecule has 0 bridgehead atoms. The second-order valence-corrected chi connectivity index (χ2v) is 5.03. The van der Waals surface area contributed by atoms with Gasteiger partial charge in [-0.25, -0.2) is 0 Å². The Morgan fingerprint density at radius 3 is 2.75 bits per heavy atom. The summed E-state index contributed by atoms with van der Waals surface area (Å²) in [5.41, 5.74) is 2.60. The van der Waals surface area contributed by atoms with Gasteiger partial charge in [-0.3, -0.25) is 4.79 Å². The summed E-state index contributed by atoms with van der Waals surface area (Å²) in [6.45, 7) is 2.55. The summed E-state index contributed by atoms with van der Waals surface area (Å²) in [4.78, 5) is 12.0. The van der Waals surface area contributed by atoms with Crippen molar-refractivity contribution in [3.63, 3.8) is 0 Å². The Morgan fingerprint density at radius 1 is 1.25 bits per heavy atom. The van der Waals surface area contributed by atoms with Gasteiger partial charge in [0.15, 0.2) is 0 Å². The van der Waals surface area contributed by atoms with Crippen molar-refractivity contribution in [3.05, 3.63) is 64.2 Å². The van der Waals surface area contributed by atoms with Crippen molar-refractivity contribution in [1.82, 2.24) is 5.32 Å². The lowest BCUT2D eigenvalue weighted by Crippen LogP contribution is -2.25. The first-order chi connectivity index (χ1) is 9.58. The summed E-state index contributed by atoms with van der Waals surface area (Å²) < 4.78 is 0. The van der Waals surface area contributed by atoms with Crippen LogP contribution in [0, 0.1) is 6.92 Å². The van der Waals surface area contributed by atoms with Crippen LogP contribution in [0.5, 0.6) is 5.75 Å². The molecule has 0 atom stereocenters. The molecular formula is C16H16ClNO2. The first-order valence-corrected chi connectivity index (χ1v) is 6.77. The topological polar surface area (TPSA) is 49.3 Å². The quantitative estimate of drug-likeness (QED) is 0.907. The number of aryl methyl sites for hydroxylation is 1. The van der Waals surface area contributed by atoms with E-state index in [1.165, 1.54) is 23.3 Å². The maximum atomic E-state index is 12.0. The second kappa shape index (κ2) is 6.44. The average molecular weight is 290 g/mol. The predicted molar refractivity (Wildman–Crippen MR) is 80.3 cm³/mol. The van der Waals surface area contributed by atoms with Gasteiger partial charge in [-0.2, -0.15) is 0 Å². The van der Waals surface area contributed by atoms with Crippen molar-refractivity contribution in [2.75, 3.05) is 6.54 Å². The fourth-order valence-corrected chi connectivity index (χ4v) is 2.16. The first-order valence-electron chi connectivity index (χ1n) is 6.39. The largest absolute Gasteiger partial charge is 0.507 e. The Morgan fingerprint density at radius 2 is 2.00 bits per heavy atom. The number of benzene rings is 2. The minimum atomic E-state index is -0.321. The maximum Gasteiger partial charge on any atom is 0.255 e. The van der Waals surface area contributed by atoms with Crippen LogP contribution in [0.1, 0.15) is 21.5 Å². The van der Waals surface area contributed by atoms with E-state index in [1.807, 2.05) is 31.2 Å². The molecule has 0 aliphatic carbocycles. The normalized spacial score (nSPS) is 10.3. The highest BCUT2D eigenvalue weighted by Gasteiger charge is 2.11. The van der Waals surface area contributed by atoms with Crippen molar-refractivity contribution in [1.29, 1.82) is 0 Å². The summed E-state index contributed by atoms with van der Waals surface area (Å²) in [6, 6.07) is 12.5. The Kier molecular flexibility index (Phi) is 4.64. The molecule has 0 radical (unpaired) electrons. The van der Waals surface area contributed by atoms with Gasteiger partial charge in [0, 0.05) is 11.6 Å². The van der Waals surface area contributed by atoms with E-state index in [-0.39, 0.29) is 17.2 Å². The molecule has 104 valence electrons. The fraction of sp³-hybridized carbons (Fsp3) is 0.188. The zero-order chi connectivity index (χ0) is 14.5. The lowest BCUT2D eigenvalue weighted by molar-refractivity contribution is 0.0951. The van der Waals surface area contributed by atoms with Gasteiger partial charge in [-0.1, -0.05) is 35.9 Å². The molecule has 0 aliphatic heterocycles. The van der Waals surface area contributed by atoms with E-state index in [1.54, 1.807) is 6.07 Å². The van der Waals surface area contributed by atoms with Crippen LogP contribution in [0.15, 0.2) is 42.5 Å². The van der Waals surface area contributed by atoms with Gasteiger partial charge in [0.1, 0.15) is 5.75 Å². The summed E-state index contributed by atoms with van der Waals surface area (Å²) >= 11 is 5.82. The third-order valence-corrected chi connectivity index (χ3v) is 3.38. The third-order valence-electron chi connectivity index (χ3n) is 3.14. The van der Waals surface area contributed by atoms with Crippen molar-refractivity contribution in [2.45, 2.75) is 13.3 Å². The Labute approximate surface area is 123 Å². The van der Waals surface area contributed by atoms with Gasteiger partial charge in [0.25, 0.3) is 5.91 Å². The number of aromatic hydroxyl groups is 1. The molecule has 0 unspecified atom stereocenters. The predicted octanol–water partition coefficient (Wildman–Crippen LogP) is 3.33. The lowest BCUT2D eigenvalue weighted by atomic mass is 10.1. The Balaban J connectivity index is 1.96.